The summed E-state index contributed by atoms with van der Waals surface area (Å²) >= 11 is 0. The first-order valence-electron chi connectivity index (χ1n) is 9.30. The number of nitrogens with one attached hydrogen (secondary N) is 1. The third-order valence-corrected chi connectivity index (χ3v) is 6.54. The zero-order chi connectivity index (χ0) is 21.7. The molecule has 6 nitrogen and oxygen atoms in total. The zero-order valence-electron chi connectivity index (χ0n) is 16.7. The van der Waals surface area contributed by atoms with Gasteiger partial charge in [-0.05, 0) is 17.7 Å². The van der Waals surface area contributed by atoms with Gasteiger partial charge in [0, 0.05) is 31.8 Å². The molecule has 30 heavy (non-hydrogen) atoms. The van der Waals surface area contributed by atoms with Crippen LogP contribution in [0.4, 0.5) is 0 Å². The lowest BCUT2D eigenvalue weighted by Gasteiger charge is -2.16. The summed E-state index contributed by atoms with van der Waals surface area (Å²) in [5.74, 6) is -0.705. The zero-order valence-corrected chi connectivity index (χ0v) is 17.5. The first-order valence-corrected chi connectivity index (χ1v) is 10.7. The van der Waals surface area contributed by atoms with Crippen molar-refractivity contribution in [2.24, 2.45) is 0 Å². The lowest BCUT2D eigenvalue weighted by Crippen LogP contribution is -2.28. The van der Waals surface area contributed by atoms with Gasteiger partial charge >= 0.3 is 0 Å². The van der Waals surface area contributed by atoms with Crippen LogP contribution in [0.5, 0.6) is 0 Å². The maximum Gasteiger partial charge on any atom is 0.252 e. The molecule has 0 heterocycles. The van der Waals surface area contributed by atoms with Crippen LogP contribution in [0.2, 0.25) is 0 Å². The van der Waals surface area contributed by atoms with Crippen molar-refractivity contribution in [2.45, 2.75) is 11.4 Å². The molecule has 3 rings (SSSR count). The van der Waals surface area contributed by atoms with Crippen LogP contribution in [0.1, 0.15) is 31.8 Å². The number of benzene rings is 3. The molecule has 0 saturated carbocycles. The van der Waals surface area contributed by atoms with E-state index in [1.807, 2.05) is 6.07 Å². The fraction of sp³-hybridized carbons (Fsp3) is 0.130. The van der Waals surface area contributed by atoms with E-state index in [9.17, 15) is 18.0 Å². The van der Waals surface area contributed by atoms with Crippen LogP contribution in [0.25, 0.3) is 0 Å². The number of sulfonamides is 1. The van der Waals surface area contributed by atoms with Crippen LogP contribution >= 0.6 is 0 Å². The van der Waals surface area contributed by atoms with Gasteiger partial charge in [0.25, 0.3) is 5.91 Å². The Kier molecular flexibility index (Phi) is 6.44. The van der Waals surface area contributed by atoms with Crippen molar-refractivity contribution in [3.8, 4) is 0 Å². The topological polar surface area (TPSA) is 83.6 Å². The van der Waals surface area contributed by atoms with E-state index in [0.29, 0.717) is 11.1 Å². The van der Waals surface area contributed by atoms with Gasteiger partial charge in [0.15, 0.2) is 5.78 Å². The summed E-state index contributed by atoms with van der Waals surface area (Å²) < 4.78 is 26.2. The van der Waals surface area contributed by atoms with E-state index in [4.69, 9.17) is 0 Å². The fourth-order valence-electron chi connectivity index (χ4n) is 2.99. The van der Waals surface area contributed by atoms with Crippen LogP contribution in [0.15, 0.2) is 83.8 Å². The predicted molar refractivity (Wildman–Crippen MR) is 115 cm³/mol. The predicted octanol–water partition coefficient (Wildman–Crippen LogP) is 3.10. The van der Waals surface area contributed by atoms with Gasteiger partial charge in [-0.25, -0.2) is 12.7 Å². The highest BCUT2D eigenvalue weighted by Gasteiger charge is 2.22. The van der Waals surface area contributed by atoms with Crippen LogP contribution in [-0.2, 0) is 16.6 Å². The Labute approximate surface area is 176 Å². The second-order valence-corrected chi connectivity index (χ2v) is 8.94. The number of nitrogens with zero attached hydrogens (tertiary/aromatic N) is 1. The number of carbonyl (C=O) groups excluding carboxylic acids is 2. The molecule has 3 aromatic carbocycles. The molecular weight excluding hydrogens is 400 g/mol. The van der Waals surface area contributed by atoms with Crippen molar-refractivity contribution >= 4 is 21.7 Å². The first kappa shape index (κ1) is 21.4. The SMILES string of the molecule is CN(C)S(=O)(=O)c1ccccc1CNC(=O)c1ccccc1C(=O)c1ccccc1. The highest BCUT2D eigenvalue weighted by Crippen LogP contribution is 2.19. The summed E-state index contributed by atoms with van der Waals surface area (Å²) in [6, 6.07) is 21.8. The molecule has 0 aromatic heterocycles. The van der Waals surface area contributed by atoms with Crippen molar-refractivity contribution in [2.75, 3.05) is 14.1 Å². The summed E-state index contributed by atoms with van der Waals surface area (Å²) in [5, 5.41) is 2.74. The normalized spacial score (nSPS) is 11.3. The van der Waals surface area contributed by atoms with E-state index in [-0.39, 0.29) is 28.4 Å². The van der Waals surface area contributed by atoms with Crippen LogP contribution < -0.4 is 5.32 Å². The Morgan fingerprint density at radius 2 is 1.37 bits per heavy atom. The lowest BCUT2D eigenvalue weighted by atomic mass is 9.98. The second-order valence-electron chi connectivity index (χ2n) is 6.82. The van der Waals surface area contributed by atoms with Crippen molar-refractivity contribution in [1.82, 2.24) is 9.62 Å². The standard InChI is InChI=1S/C23H22N2O4S/c1-25(2)30(28,29)21-15-9-6-12-18(21)16-24-23(27)20-14-8-7-13-19(20)22(26)17-10-4-3-5-11-17/h3-15H,16H2,1-2H3,(H,24,27). The molecule has 1 N–H and O–H groups in total. The van der Waals surface area contributed by atoms with E-state index in [0.717, 1.165) is 4.31 Å². The smallest absolute Gasteiger partial charge is 0.252 e. The lowest BCUT2D eigenvalue weighted by molar-refractivity contribution is 0.0939. The number of hydrogen-bond acceptors (Lipinski definition) is 4. The highest BCUT2D eigenvalue weighted by molar-refractivity contribution is 7.89. The molecular formula is C23H22N2O4S. The average Bonchev–Trinajstić information content (AvgIpc) is 2.77. The van der Waals surface area contributed by atoms with Gasteiger partial charge < -0.3 is 5.32 Å². The fourth-order valence-corrected chi connectivity index (χ4v) is 4.11. The highest BCUT2D eigenvalue weighted by atomic mass is 32.2. The number of ketones is 1. The molecule has 0 aliphatic carbocycles. The van der Waals surface area contributed by atoms with E-state index in [1.54, 1.807) is 66.7 Å². The summed E-state index contributed by atoms with van der Waals surface area (Å²) in [5.41, 5.74) is 1.47. The minimum atomic E-state index is -3.65. The summed E-state index contributed by atoms with van der Waals surface area (Å²) in [6.45, 7) is 0.00986. The van der Waals surface area contributed by atoms with Crippen LogP contribution in [0.3, 0.4) is 0 Å². The maximum absolute atomic E-state index is 12.8. The maximum atomic E-state index is 12.8. The molecule has 0 spiro atoms. The van der Waals surface area contributed by atoms with Crippen LogP contribution in [-0.4, -0.2) is 38.5 Å². The Hall–Kier alpha value is -3.29. The van der Waals surface area contributed by atoms with Gasteiger partial charge in [-0.1, -0.05) is 66.7 Å². The minimum absolute atomic E-state index is 0.00986. The Morgan fingerprint density at radius 1 is 0.800 bits per heavy atom. The average molecular weight is 423 g/mol. The molecule has 0 saturated heterocycles. The van der Waals surface area contributed by atoms with Crippen molar-refractivity contribution in [3.05, 3.63) is 101 Å². The quantitative estimate of drug-likeness (QED) is 0.593. The first-order chi connectivity index (χ1) is 14.3. The molecule has 3 aromatic rings. The minimum Gasteiger partial charge on any atom is -0.348 e. The van der Waals surface area contributed by atoms with Gasteiger partial charge in [0.05, 0.1) is 10.5 Å². The van der Waals surface area contributed by atoms with Gasteiger partial charge in [-0.15, -0.1) is 0 Å². The van der Waals surface area contributed by atoms with E-state index >= 15 is 0 Å². The van der Waals surface area contributed by atoms with Gasteiger partial charge in [-0.2, -0.15) is 0 Å². The molecule has 0 radical (unpaired) electrons. The number of amides is 1. The summed E-state index contributed by atoms with van der Waals surface area (Å²) in [4.78, 5) is 25.8. The molecule has 0 bridgehead atoms. The Bertz CT molecular complexity index is 1170. The molecule has 154 valence electrons. The largest absolute Gasteiger partial charge is 0.348 e. The third kappa shape index (κ3) is 4.48. The van der Waals surface area contributed by atoms with Crippen LogP contribution in [0, 0.1) is 0 Å². The second kappa shape index (κ2) is 9.02. The monoisotopic (exact) mass is 422 g/mol. The van der Waals surface area contributed by atoms with Crippen molar-refractivity contribution < 1.29 is 18.0 Å². The molecule has 7 heteroatoms. The van der Waals surface area contributed by atoms with Gasteiger partial charge in [-0.3, -0.25) is 9.59 Å². The van der Waals surface area contributed by atoms with Gasteiger partial charge in [0.1, 0.15) is 0 Å². The van der Waals surface area contributed by atoms with Crippen molar-refractivity contribution in [1.29, 1.82) is 0 Å². The Balaban J connectivity index is 1.85. The van der Waals surface area contributed by atoms with E-state index in [1.165, 1.54) is 20.2 Å². The molecule has 0 unspecified atom stereocenters. The molecule has 1 amide bonds. The molecule has 0 fully saturated rings. The number of hydrogen-bond donors (Lipinski definition) is 1. The summed E-state index contributed by atoms with van der Waals surface area (Å²) in [7, 11) is -0.741. The number of carbonyl (C=O) groups is 2. The van der Waals surface area contributed by atoms with E-state index in [2.05, 4.69) is 5.32 Å². The summed E-state index contributed by atoms with van der Waals surface area (Å²) in [6.07, 6.45) is 0. The van der Waals surface area contributed by atoms with Crippen molar-refractivity contribution in [3.63, 3.8) is 0 Å². The molecule has 0 aliphatic heterocycles. The Morgan fingerprint density at radius 3 is 2.03 bits per heavy atom. The number of rotatable bonds is 7. The van der Waals surface area contributed by atoms with E-state index < -0.39 is 15.9 Å². The van der Waals surface area contributed by atoms with Gasteiger partial charge in [0.2, 0.25) is 10.0 Å². The molecule has 0 atom stereocenters. The molecule has 0 aliphatic rings. The third-order valence-electron chi connectivity index (χ3n) is 4.62.